The van der Waals surface area contributed by atoms with Gasteiger partial charge in [-0.1, -0.05) is 6.07 Å². The zero-order chi connectivity index (χ0) is 16.8. The van der Waals surface area contributed by atoms with Crippen molar-refractivity contribution in [3.63, 3.8) is 0 Å². The van der Waals surface area contributed by atoms with Crippen LogP contribution in [0.4, 0.5) is 5.69 Å². The molecule has 0 saturated carbocycles. The molecule has 5 heteroatoms. The van der Waals surface area contributed by atoms with E-state index < -0.39 is 0 Å². The fourth-order valence-corrected chi connectivity index (χ4v) is 4.28. The first kappa shape index (κ1) is 14.9. The normalized spacial score (nSPS) is 21.0. The number of rotatable bonds is 2. The summed E-state index contributed by atoms with van der Waals surface area (Å²) in [5.74, 6) is 0.308. The summed E-state index contributed by atoms with van der Waals surface area (Å²) in [5, 5.41) is 0. The van der Waals surface area contributed by atoms with E-state index in [4.69, 9.17) is 4.98 Å². The predicted molar refractivity (Wildman–Crippen MR) is 99.1 cm³/mol. The number of aromatic nitrogens is 3. The maximum absolute atomic E-state index is 4.72. The molecule has 0 bridgehead atoms. The molecule has 1 saturated heterocycles. The first-order valence-corrected chi connectivity index (χ1v) is 9.13. The van der Waals surface area contributed by atoms with Gasteiger partial charge in [0.2, 0.25) is 0 Å². The highest BCUT2D eigenvalue weighted by atomic mass is 15.1. The molecule has 0 aliphatic carbocycles. The van der Waals surface area contributed by atoms with Crippen LogP contribution in [0, 0.1) is 0 Å². The van der Waals surface area contributed by atoms with Crippen LogP contribution in [-0.4, -0.2) is 46.0 Å². The van der Waals surface area contributed by atoms with Crippen LogP contribution in [-0.2, 0) is 6.54 Å². The topological polar surface area (TPSA) is 36.7 Å². The van der Waals surface area contributed by atoms with Gasteiger partial charge >= 0.3 is 0 Å². The van der Waals surface area contributed by atoms with Crippen LogP contribution in [0.15, 0.2) is 43.0 Å². The molecule has 0 amide bonds. The Bertz CT molecular complexity index is 909. The summed E-state index contributed by atoms with van der Waals surface area (Å²) < 4.78 is 1.97. The van der Waals surface area contributed by atoms with Crippen molar-refractivity contribution in [2.24, 2.45) is 0 Å². The van der Waals surface area contributed by atoms with Crippen molar-refractivity contribution in [3.8, 4) is 0 Å². The SMILES string of the molecule is CN1Cc2cc(N3CCCC3)ccc2C(c2cc3nccn3cn2)C1. The molecule has 1 atom stereocenters. The van der Waals surface area contributed by atoms with E-state index in [1.807, 2.05) is 23.1 Å². The van der Waals surface area contributed by atoms with Crippen LogP contribution in [0.1, 0.15) is 35.6 Å². The Morgan fingerprint density at radius 1 is 1.08 bits per heavy atom. The number of hydrogen-bond acceptors (Lipinski definition) is 4. The van der Waals surface area contributed by atoms with Crippen LogP contribution >= 0.6 is 0 Å². The summed E-state index contributed by atoms with van der Waals surface area (Å²) in [5.41, 5.74) is 6.31. The smallest absolute Gasteiger partial charge is 0.139 e. The number of imidazole rings is 1. The van der Waals surface area contributed by atoms with Crippen molar-refractivity contribution in [1.82, 2.24) is 19.3 Å². The van der Waals surface area contributed by atoms with E-state index in [0.717, 1.165) is 24.4 Å². The van der Waals surface area contributed by atoms with Gasteiger partial charge in [0, 0.05) is 56.2 Å². The Balaban J connectivity index is 1.55. The number of likely N-dealkylation sites (N-methyl/N-ethyl adjacent to an activating group) is 1. The van der Waals surface area contributed by atoms with Crippen LogP contribution in [0.2, 0.25) is 0 Å². The van der Waals surface area contributed by atoms with Gasteiger partial charge in [-0.15, -0.1) is 0 Å². The van der Waals surface area contributed by atoms with Gasteiger partial charge in [0.15, 0.2) is 0 Å². The van der Waals surface area contributed by atoms with E-state index >= 15 is 0 Å². The maximum atomic E-state index is 4.72. The van der Waals surface area contributed by atoms with Crippen LogP contribution in [0.5, 0.6) is 0 Å². The van der Waals surface area contributed by atoms with Gasteiger partial charge in [0.25, 0.3) is 0 Å². The minimum atomic E-state index is 0.308. The third-order valence-electron chi connectivity index (χ3n) is 5.57. The third-order valence-corrected chi connectivity index (χ3v) is 5.57. The molecule has 1 unspecified atom stereocenters. The summed E-state index contributed by atoms with van der Waals surface area (Å²) in [6.45, 7) is 4.39. The molecular formula is C20H23N5. The van der Waals surface area contributed by atoms with Gasteiger partial charge in [-0.05, 0) is 43.1 Å². The summed E-state index contributed by atoms with van der Waals surface area (Å²) in [6, 6.07) is 9.16. The predicted octanol–water partition coefficient (Wildman–Crippen LogP) is 2.91. The molecule has 5 rings (SSSR count). The van der Waals surface area contributed by atoms with Gasteiger partial charge < -0.3 is 9.80 Å². The van der Waals surface area contributed by atoms with Crippen LogP contribution in [0.25, 0.3) is 5.65 Å². The molecule has 0 spiro atoms. The lowest BCUT2D eigenvalue weighted by Gasteiger charge is -2.33. The van der Waals surface area contributed by atoms with Crippen molar-refractivity contribution in [3.05, 3.63) is 59.8 Å². The number of nitrogens with zero attached hydrogens (tertiary/aromatic N) is 5. The Morgan fingerprint density at radius 3 is 2.84 bits per heavy atom. The lowest BCUT2D eigenvalue weighted by Crippen LogP contribution is -2.31. The van der Waals surface area contributed by atoms with Gasteiger partial charge in [0.05, 0.1) is 5.69 Å². The maximum Gasteiger partial charge on any atom is 0.139 e. The van der Waals surface area contributed by atoms with Gasteiger partial charge in [-0.3, -0.25) is 4.40 Å². The van der Waals surface area contributed by atoms with Crippen molar-refractivity contribution < 1.29 is 0 Å². The van der Waals surface area contributed by atoms with E-state index in [2.05, 4.69) is 46.1 Å². The Labute approximate surface area is 147 Å². The summed E-state index contributed by atoms with van der Waals surface area (Å²) in [7, 11) is 2.20. The molecule has 0 N–H and O–H groups in total. The zero-order valence-electron chi connectivity index (χ0n) is 14.6. The molecule has 4 heterocycles. The molecule has 5 nitrogen and oxygen atoms in total. The minimum absolute atomic E-state index is 0.308. The molecule has 128 valence electrons. The molecule has 1 aromatic carbocycles. The fraction of sp³-hybridized carbons (Fsp3) is 0.400. The average molecular weight is 333 g/mol. The molecule has 0 radical (unpaired) electrons. The highest BCUT2D eigenvalue weighted by Crippen LogP contribution is 2.35. The quantitative estimate of drug-likeness (QED) is 0.722. The van der Waals surface area contributed by atoms with Crippen molar-refractivity contribution in [1.29, 1.82) is 0 Å². The largest absolute Gasteiger partial charge is 0.372 e. The minimum Gasteiger partial charge on any atom is -0.372 e. The standard InChI is InChI=1S/C20H23N5/c1-23-12-15-10-16(24-7-2-3-8-24)4-5-17(15)18(13-23)19-11-20-21-6-9-25(20)14-22-19/h4-6,9-11,14,18H,2-3,7-8,12-13H2,1H3. The lowest BCUT2D eigenvalue weighted by atomic mass is 9.87. The van der Waals surface area contributed by atoms with E-state index in [1.165, 1.54) is 42.7 Å². The second-order valence-corrected chi connectivity index (χ2v) is 7.33. The number of anilines is 1. The van der Waals surface area contributed by atoms with E-state index in [1.54, 1.807) is 0 Å². The Kier molecular flexibility index (Phi) is 3.48. The molecule has 2 aliphatic heterocycles. The highest BCUT2D eigenvalue weighted by molar-refractivity contribution is 5.54. The fourth-order valence-electron chi connectivity index (χ4n) is 4.28. The number of hydrogen-bond donors (Lipinski definition) is 0. The summed E-state index contributed by atoms with van der Waals surface area (Å²) in [6.07, 6.45) is 8.27. The summed E-state index contributed by atoms with van der Waals surface area (Å²) in [4.78, 5) is 14.1. The number of fused-ring (bicyclic) bond motifs is 2. The van der Waals surface area contributed by atoms with Gasteiger partial charge in [0.1, 0.15) is 12.0 Å². The lowest BCUT2D eigenvalue weighted by molar-refractivity contribution is 0.293. The van der Waals surface area contributed by atoms with Crippen molar-refractivity contribution in [2.75, 3.05) is 31.6 Å². The molecule has 3 aromatic rings. The van der Waals surface area contributed by atoms with E-state index in [9.17, 15) is 0 Å². The first-order valence-electron chi connectivity index (χ1n) is 9.13. The van der Waals surface area contributed by atoms with Crippen LogP contribution in [0.3, 0.4) is 0 Å². The number of benzene rings is 1. The third kappa shape index (κ3) is 2.59. The zero-order valence-corrected chi connectivity index (χ0v) is 14.6. The van der Waals surface area contributed by atoms with E-state index in [-0.39, 0.29) is 0 Å². The van der Waals surface area contributed by atoms with Gasteiger partial charge in [-0.2, -0.15) is 0 Å². The second kappa shape index (κ2) is 5.85. The molecule has 25 heavy (non-hydrogen) atoms. The van der Waals surface area contributed by atoms with Crippen molar-refractivity contribution >= 4 is 11.3 Å². The average Bonchev–Trinajstić information content (AvgIpc) is 3.31. The molecular weight excluding hydrogens is 310 g/mol. The van der Waals surface area contributed by atoms with E-state index in [0.29, 0.717) is 5.92 Å². The first-order chi connectivity index (χ1) is 12.3. The Hall–Kier alpha value is -2.40. The second-order valence-electron chi connectivity index (χ2n) is 7.33. The highest BCUT2D eigenvalue weighted by Gasteiger charge is 2.27. The Morgan fingerprint density at radius 2 is 1.96 bits per heavy atom. The summed E-state index contributed by atoms with van der Waals surface area (Å²) >= 11 is 0. The monoisotopic (exact) mass is 333 g/mol. The molecule has 1 fully saturated rings. The van der Waals surface area contributed by atoms with Crippen molar-refractivity contribution in [2.45, 2.75) is 25.3 Å². The van der Waals surface area contributed by atoms with Gasteiger partial charge in [-0.25, -0.2) is 9.97 Å². The molecule has 2 aromatic heterocycles. The van der Waals surface area contributed by atoms with Crippen LogP contribution < -0.4 is 4.90 Å². The molecule has 2 aliphatic rings.